The van der Waals surface area contributed by atoms with Crippen LogP contribution in [0.15, 0.2) is 12.5 Å². The maximum Gasteiger partial charge on any atom is 0.326 e. The smallest absolute Gasteiger partial charge is 0.326 e. The molecule has 0 saturated heterocycles. The van der Waals surface area contributed by atoms with Gasteiger partial charge in [0.05, 0.1) is 6.33 Å². The summed E-state index contributed by atoms with van der Waals surface area (Å²) < 4.78 is 0. The van der Waals surface area contributed by atoms with Gasteiger partial charge >= 0.3 is 5.97 Å². The van der Waals surface area contributed by atoms with Crippen LogP contribution in [0.2, 0.25) is 0 Å². The number of aliphatic carboxylic acids is 1. The fourth-order valence-electron chi connectivity index (χ4n) is 1.33. The first-order chi connectivity index (χ1) is 8.36. The summed E-state index contributed by atoms with van der Waals surface area (Å²) in [6, 6.07) is -0.941. The molecule has 6 nitrogen and oxygen atoms in total. The van der Waals surface area contributed by atoms with Crippen molar-refractivity contribution in [3.05, 3.63) is 18.2 Å². The first-order valence-corrected chi connectivity index (χ1v) is 5.88. The van der Waals surface area contributed by atoms with Gasteiger partial charge in [-0.05, 0) is 6.42 Å². The molecule has 1 rings (SSSR count). The zero-order chi connectivity index (χ0) is 13.8. The minimum atomic E-state index is -1.05. The molecular formula is C12H19N3O3. The number of carbonyl (C=O) groups is 2. The lowest BCUT2D eigenvalue weighted by Crippen LogP contribution is -2.47. The summed E-state index contributed by atoms with van der Waals surface area (Å²) in [6.07, 6.45) is 3.87. The van der Waals surface area contributed by atoms with E-state index in [1.807, 2.05) is 6.92 Å². The highest BCUT2D eigenvalue weighted by atomic mass is 16.4. The molecule has 0 aliphatic carbocycles. The summed E-state index contributed by atoms with van der Waals surface area (Å²) >= 11 is 0. The number of carboxylic acids is 1. The molecule has 18 heavy (non-hydrogen) atoms. The summed E-state index contributed by atoms with van der Waals surface area (Å²) in [5.74, 6) is -1.30. The van der Waals surface area contributed by atoms with Crippen LogP contribution in [-0.2, 0) is 16.0 Å². The van der Waals surface area contributed by atoms with Crippen LogP contribution in [-0.4, -0.2) is 33.0 Å². The lowest BCUT2D eigenvalue weighted by molar-refractivity contribution is -0.143. The van der Waals surface area contributed by atoms with Crippen molar-refractivity contribution in [2.24, 2.45) is 5.41 Å². The zero-order valence-corrected chi connectivity index (χ0v) is 10.9. The second kappa shape index (κ2) is 5.66. The SMILES string of the molecule is CCC(C)(C)C(=O)NC(Cc1cnc[nH]1)C(=O)O. The van der Waals surface area contributed by atoms with E-state index in [0.29, 0.717) is 12.1 Å². The van der Waals surface area contributed by atoms with E-state index in [-0.39, 0.29) is 12.3 Å². The second-order valence-corrected chi connectivity index (χ2v) is 4.88. The standard InChI is InChI=1S/C12H19N3O3/c1-4-12(2,3)11(18)15-9(10(16)17)5-8-6-13-7-14-8/h6-7,9H,4-5H2,1-3H3,(H,13,14)(H,15,18)(H,16,17). The summed E-state index contributed by atoms with van der Waals surface area (Å²) in [5.41, 5.74) is 0.110. The number of nitrogens with zero attached hydrogens (tertiary/aromatic N) is 1. The van der Waals surface area contributed by atoms with E-state index < -0.39 is 17.4 Å². The van der Waals surface area contributed by atoms with E-state index in [1.165, 1.54) is 6.33 Å². The number of imidazole rings is 1. The normalized spacial score (nSPS) is 13.1. The number of hydrogen-bond donors (Lipinski definition) is 3. The summed E-state index contributed by atoms with van der Waals surface area (Å²) in [6.45, 7) is 5.47. The zero-order valence-electron chi connectivity index (χ0n) is 10.9. The number of carbonyl (C=O) groups excluding carboxylic acids is 1. The van der Waals surface area contributed by atoms with Crippen molar-refractivity contribution in [2.75, 3.05) is 0 Å². The van der Waals surface area contributed by atoms with Crippen LogP contribution in [0.4, 0.5) is 0 Å². The average Bonchev–Trinajstić information content (AvgIpc) is 2.80. The maximum atomic E-state index is 11.9. The fourth-order valence-corrected chi connectivity index (χ4v) is 1.33. The van der Waals surface area contributed by atoms with Crippen molar-refractivity contribution in [1.29, 1.82) is 0 Å². The van der Waals surface area contributed by atoms with Gasteiger partial charge in [-0.1, -0.05) is 20.8 Å². The van der Waals surface area contributed by atoms with Gasteiger partial charge < -0.3 is 15.4 Å². The second-order valence-electron chi connectivity index (χ2n) is 4.88. The van der Waals surface area contributed by atoms with Crippen LogP contribution in [0.5, 0.6) is 0 Å². The minimum Gasteiger partial charge on any atom is -0.480 e. The highest BCUT2D eigenvalue weighted by molar-refractivity contribution is 5.87. The summed E-state index contributed by atoms with van der Waals surface area (Å²) in [4.78, 5) is 29.7. The maximum absolute atomic E-state index is 11.9. The number of H-pyrrole nitrogens is 1. The topological polar surface area (TPSA) is 95.1 Å². The van der Waals surface area contributed by atoms with Crippen LogP contribution < -0.4 is 5.32 Å². The van der Waals surface area contributed by atoms with E-state index in [9.17, 15) is 9.59 Å². The van der Waals surface area contributed by atoms with Crippen LogP contribution in [0.25, 0.3) is 0 Å². The van der Waals surface area contributed by atoms with Gasteiger partial charge in [-0.2, -0.15) is 0 Å². The molecule has 0 saturated carbocycles. The van der Waals surface area contributed by atoms with Crippen LogP contribution in [0.3, 0.4) is 0 Å². The molecule has 0 aliphatic rings. The molecule has 0 bridgehead atoms. The van der Waals surface area contributed by atoms with Gasteiger partial charge in [0, 0.05) is 23.7 Å². The van der Waals surface area contributed by atoms with Gasteiger partial charge in [0.15, 0.2) is 0 Å². The highest BCUT2D eigenvalue weighted by Gasteiger charge is 2.29. The van der Waals surface area contributed by atoms with Gasteiger partial charge in [-0.15, -0.1) is 0 Å². The number of rotatable bonds is 6. The Kier molecular flexibility index (Phi) is 4.47. The van der Waals surface area contributed by atoms with Gasteiger partial charge in [-0.3, -0.25) is 4.79 Å². The third-order valence-corrected chi connectivity index (χ3v) is 3.08. The first-order valence-electron chi connectivity index (χ1n) is 5.88. The quantitative estimate of drug-likeness (QED) is 0.703. The van der Waals surface area contributed by atoms with Crippen LogP contribution in [0.1, 0.15) is 32.9 Å². The van der Waals surface area contributed by atoms with E-state index >= 15 is 0 Å². The highest BCUT2D eigenvalue weighted by Crippen LogP contribution is 2.19. The monoisotopic (exact) mass is 253 g/mol. The number of carboxylic acid groups (broad SMARTS) is 1. The lowest BCUT2D eigenvalue weighted by Gasteiger charge is -2.24. The molecule has 0 spiro atoms. The predicted molar refractivity (Wildman–Crippen MR) is 65.9 cm³/mol. The van der Waals surface area contributed by atoms with Crippen molar-refractivity contribution in [2.45, 2.75) is 39.7 Å². The van der Waals surface area contributed by atoms with Gasteiger partial charge in [-0.25, -0.2) is 9.78 Å². The molecule has 0 fully saturated rings. The van der Waals surface area contributed by atoms with Crippen LogP contribution >= 0.6 is 0 Å². The average molecular weight is 253 g/mol. The molecule has 0 aromatic carbocycles. The van der Waals surface area contributed by atoms with E-state index in [0.717, 1.165) is 0 Å². The number of nitrogens with one attached hydrogen (secondary N) is 2. The fraction of sp³-hybridized carbons (Fsp3) is 0.583. The third kappa shape index (κ3) is 3.58. The minimum absolute atomic E-state index is 0.195. The molecule has 3 N–H and O–H groups in total. The Morgan fingerprint density at radius 3 is 2.67 bits per heavy atom. The van der Waals surface area contributed by atoms with Crippen molar-refractivity contribution in [3.63, 3.8) is 0 Å². The van der Waals surface area contributed by atoms with Gasteiger partial charge in [0.1, 0.15) is 6.04 Å². The Morgan fingerprint density at radius 1 is 1.56 bits per heavy atom. The molecule has 1 heterocycles. The van der Waals surface area contributed by atoms with Gasteiger partial charge in [0.25, 0.3) is 0 Å². The van der Waals surface area contributed by atoms with Crippen molar-refractivity contribution >= 4 is 11.9 Å². The van der Waals surface area contributed by atoms with Gasteiger partial charge in [0.2, 0.25) is 5.91 Å². The molecule has 1 aromatic heterocycles. The summed E-state index contributed by atoms with van der Waals surface area (Å²) in [5, 5.41) is 11.7. The van der Waals surface area contributed by atoms with E-state index in [1.54, 1.807) is 20.0 Å². The first kappa shape index (κ1) is 14.2. The van der Waals surface area contributed by atoms with Crippen molar-refractivity contribution in [1.82, 2.24) is 15.3 Å². The largest absolute Gasteiger partial charge is 0.480 e. The van der Waals surface area contributed by atoms with Crippen LogP contribution in [0, 0.1) is 5.41 Å². The molecule has 0 radical (unpaired) electrons. The third-order valence-electron chi connectivity index (χ3n) is 3.08. The Labute approximate surface area is 106 Å². The van der Waals surface area contributed by atoms with Crippen molar-refractivity contribution < 1.29 is 14.7 Å². The number of amides is 1. The van der Waals surface area contributed by atoms with E-state index in [2.05, 4.69) is 15.3 Å². The number of aromatic amines is 1. The molecule has 1 amide bonds. The molecule has 0 aliphatic heterocycles. The number of hydrogen-bond acceptors (Lipinski definition) is 3. The molecule has 1 atom stereocenters. The van der Waals surface area contributed by atoms with E-state index in [4.69, 9.17) is 5.11 Å². The molecular weight excluding hydrogens is 234 g/mol. The van der Waals surface area contributed by atoms with Crippen molar-refractivity contribution in [3.8, 4) is 0 Å². The lowest BCUT2D eigenvalue weighted by atomic mass is 9.89. The molecule has 6 heteroatoms. The molecule has 1 unspecified atom stereocenters. The predicted octanol–water partition coefficient (Wildman–Crippen LogP) is 0.958. The Bertz CT molecular complexity index is 412. The molecule has 1 aromatic rings. The summed E-state index contributed by atoms with van der Waals surface area (Å²) in [7, 11) is 0. The Morgan fingerprint density at radius 2 is 2.22 bits per heavy atom. The number of aromatic nitrogens is 2. The Hall–Kier alpha value is -1.85. The molecule has 100 valence electrons. The Balaban J connectivity index is 2.70.